The molecule has 0 heterocycles. The van der Waals surface area contributed by atoms with E-state index in [2.05, 4.69) is 4.67 Å². The van der Waals surface area contributed by atoms with E-state index in [-0.39, 0.29) is 24.0 Å². The van der Waals surface area contributed by atoms with Crippen LogP contribution in [0.3, 0.4) is 0 Å². The SMILES string of the molecule is CC=[N+]=CC.[I-]. The van der Waals surface area contributed by atoms with Crippen LogP contribution in [0.2, 0.25) is 0 Å². The monoisotopic (exact) mass is 197 g/mol. The van der Waals surface area contributed by atoms with E-state index in [9.17, 15) is 0 Å². The molecule has 2 heteroatoms. The van der Waals surface area contributed by atoms with Crippen LogP contribution in [0.1, 0.15) is 13.8 Å². The standard InChI is InChI=1S/C4H8N.HI/c1-3-5-4-2;/h3-4H,1-2H3;1H/q+1;/p-1. The van der Waals surface area contributed by atoms with Gasteiger partial charge < -0.3 is 24.0 Å². The van der Waals surface area contributed by atoms with Gasteiger partial charge in [-0.15, -0.1) is 4.67 Å². The highest BCUT2D eigenvalue weighted by Crippen LogP contribution is 1.23. The predicted molar refractivity (Wildman–Crippen MR) is 25.6 cm³/mol. The van der Waals surface area contributed by atoms with E-state index in [1.807, 2.05) is 13.8 Å². The molecular weight excluding hydrogens is 189 g/mol. The molecule has 0 unspecified atom stereocenters. The molecule has 0 aliphatic carbocycles. The summed E-state index contributed by atoms with van der Waals surface area (Å²) in [6, 6.07) is 0. The fourth-order valence-electron chi connectivity index (χ4n) is 0.149. The van der Waals surface area contributed by atoms with E-state index >= 15 is 0 Å². The van der Waals surface area contributed by atoms with Gasteiger partial charge in [-0.05, 0) is 0 Å². The van der Waals surface area contributed by atoms with Crippen LogP contribution in [0.5, 0.6) is 0 Å². The van der Waals surface area contributed by atoms with Crippen LogP contribution < -0.4 is 28.6 Å². The fraction of sp³-hybridized carbons (Fsp3) is 0.500. The Hall–Kier alpha value is 0.180. The van der Waals surface area contributed by atoms with Gasteiger partial charge in [0.05, 0.1) is 0 Å². The van der Waals surface area contributed by atoms with Gasteiger partial charge in [-0.1, -0.05) is 0 Å². The molecule has 0 amide bonds. The second-order valence-electron chi connectivity index (χ2n) is 0.665. The molecule has 1 nitrogen and oxygen atoms in total. The average Bonchev–Trinajstić information content (AvgIpc) is 1.41. The Morgan fingerprint density at radius 3 is 1.50 bits per heavy atom. The zero-order chi connectivity index (χ0) is 4.12. The Kier molecular flexibility index (Phi) is 14.2. The van der Waals surface area contributed by atoms with Crippen molar-refractivity contribution in [3.05, 3.63) is 0 Å². The second kappa shape index (κ2) is 8.95. The molecule has 6 heavy (non-hydrogen) atoms. The molecule has 0 aliphatic rings. The van der Waals surface area contributed by atoms with Crippen molar-refractivity contribution in [2.75, 3.05) is 0 Å². The van der Waals surface area contributed by atoms with E-state index < -0.39 is 0 Å². The van der Waals surface area contributed by atoms with Crippen LogP contribution in [-0.2, 0) is 0 Å². The van der Waals surface area contributed by atoms with Crippen molar-refractivity contribution in [1.82, 2.24) is 4.67 Å². The number of halogens is 1. The molecule has 0 fully saturated rings. The van der Waals surface area contributed by atoms with Gasteiger partial charge in [-0.2, -0.15) is 0 Å². The van der Waals surface area contributed by atoms with Crippen LogP contribution in [0, 0.1) is 0 Å². The first kappa shape index (κ1) is 9.49. The lowest BCUT2D eigenvalue weighted by Gasteiger charge is -1.31. The molecule has 0 spiro atoms. The van der Waals surface area contributed by atoms with Crippen LogP contribution in [0.15, 0.2) is 0 Å². The van der Waals surface area contributed by atoms with Crippen LogP contribution in [0.25, 0.3) is 0 Å². The highest BCUT2D eigenvalue weighted by atomic mass is 127. The highest BCUT2D eigenvalue weighted by molar-refractivity contribution is 5.62. The Balaban J connectivity index is 0. The first-order chi connectivity index (χ1) is 2.41. The number of nitrogens with zero attached hydrogens (tertiary/aromatic N) is 1. The van der Waals surface area contributed by atoms with E-state index in [1.54, 1.807) is 12.4 Å². The van der Waals surface area contributed by atoms with Crippen molar-refractivity contribution in [3.63, 3.8) is 0 Å². The summed E-state index contributed by atoms with van der Waals surface area (Å²) in [5.74, 6) is 0. The maximum Gasteiger partial charge on any atom is 0.265 e. The first-order valence-electron chi connectivity index (χ1n) is 1.67. The van der Waals surface area contributed by atoms with Crippen molar-refractivity contribution < 1.29 is 24.0 Å². The summed E-state index contributed by atoms with van der Waals surface area (Å²) < 4.78 is 3.72. The Bertz CT molecular complexity index is 55.9. The maximum absolute atomic E-state index is 3.72. The van der Waals surface area contributed by atoms with E-state index in [0.29, 0.717) is 0 Å². The maximum atomic E-state index is 3.72. The molecule has 0 N–H and O–H groups in total. The fourth-order valence-corrected chi connectivity index (χ4v) is 0.149. The topological polar surface area (TPSA) is 14.1 Å². The smallest absolute Gasteiger partial charge is 0.265 e. The minimum atomic E-state index is 0. The van der Waals surface area contributed by atoms with E-state index in [0.717, 1.165) is 0 Å². The van der Waals surface area contributed by atoms with Crippen molar-refractivity contribution in [2.24, 2.45) is 0 Å². The summed E-state index contributed by atoms with van der Waals surface area (Å²) in [5.41, 5.74) is 0. The predicted octanol–water partition coefficient (Wildman–Crippen LogP) is -2.76. The lowest BCUT2D eigenvalue weighted by atomic mass is 10.8. The van der Waals surface area contributed by atoms with Gasteiger partial charge in [0, 0.05) is 13.8 Å². The molecule has 0 atom stereocenters. The molecule has 0 saturated carbocycles. The van der Waals surface area contributed by atoms with Crippen LogP contribution in [-0.4, -0.2) is 12.4 Å². The molecule has 0 bridgehead atoms. The van der Waals surface area contributed by atoms with Gasteiger partial charge in [-0.25, -0.2) is 0 Å². The summed E-state index contributed by atoms with van der Waals surface area (Å²) in [4.78, 5) is 0. The third-order valence-corrected chi connectivity index (χ3v) is 0.298. The summed E-state index contributed by atoms with van der Waals surface area (Å²) in [5, 5.41) is 0. The Labute approximate surface area is 55.2 Å². The molecule has 0 aromatic heterocycles. The molecule has 0 aromatic carbocycles. The Morgan fingerprint density at radius 1 is 1.17 bits per heavy atom. The molecule has 0 rings (SSSR count). The largest absolute Gasteiger partial charge is 1.00 e. The number of rotatable bonds is 0. The summed E-state index contributed by atoms with van der Waals surface area (Å²) in [6.45, 7) is 3.78. The van der Waals surface area contributed by atoms with Gasteiger partial charge in [-0.3, -0.25) is 0 Å². The molecule has 36 valence electrons. The molecular formula is C4H8IN. The van der Waals surface area contributed by atoms with Gasteiger partial charge in [0.1, 0.15) is 0 Å². The van der Waals surface area contributed by atoms with Crippen LogP contribution in [0.4, 0.5) is 0 Å². The summed E-state index contributed by atoms with van der Waals surface area (Å²) in [7, 11) is 0. The zero-order valence-electron chi connectivity index (χ0n) is 3.98. The first-order valence-corrected chi connectivity index (χ1v) is 1.67. The van der Waals surface area contributed by atoms with Gasteiger partial charge in [0.25, 0.3) is 12.4 Å². The van der Waals surface area contributed by atoms with Crippen LogP contribution >= 0.6 is 0 Å². The zero-order valence-corrected chi connectivity index (χ0v) is 6.14. The summed E-state index contributed by atoms with van der Waals surface area (Å²) >= 11 is 0. The second-order valence-corrected chi connectivity index (χ2v) is 0.665. The van der Waals surface area contributed by atoms with Crippen molar-refractivity contribution in [1.29, 1.82) is 0 Å². The van der Waals surface area contributed by atoms with Gasteiger partial charge in [0.15, 0.2) is 0 Å². The van der Waals surface area contributed by atoms with Crippen molar-refractivity contribution in [2.45, 2.75) is 13.8 Å². The summed E-state index contributed by atoms with van der Waals surface area (Å²) in [6.07, 6.45) is 3.50. The van der Waals surface area contributed by atoms with Crippen molar-refractivity contribution >= 4 is 12.4 Å². The van der Waals surface area contributed by atoms with Crippen molar-refractivity contribution in [3.8, 4) is 0 Å². The number of hydrogen-bond acceptors (Lipinski definition) is 0. The number of hydrogen-bond donors (Lipinski definition) is 0. The normalized spacial score (nSPS) is 4.33. The third-order valence-electron chi connectivity index (χ3n) is 0.298. The lowest BCUT2D eigenvalue weighted by Crippen LogP contribution is -3.00. The Morgan fingerprint density at radius 2 is 1.50 bits per heavy atom. The highest BCUT2D eigenvalue weighted by Gasteiger charge is 1.54. The quantitative estimate of drug-likeness (QED) is 0.227. The molecule has 0 radical (unpaired) electrons. The molecule has 0 aromatic rings. The minimum absolute atomic E-state index is 0. The van der Waals surface area contributed by atoms with E-state index in [4.69, 9.17) is 0 Å². The van der Waals surface area contributed by atoms with E-state index in [1.165, 1.54) is 0 Å². The lowest BCUT2D eigenvalue weighted by molar-refractivity contribution is -0.00000130. The third kappa shape index (κ3) is 8.89. The molecule has 0 aliphatic heterocycles. The van der Waals surface area contributed by atoms with Gasteiger partial charge >= 0.3 is 0 Å². The molecule has 0 saturated heterocycles. The average molecular weight is 197 g/mol. The van der Waals surface area contributed by atoms with Gasteiger partial charge in [0.2, 0.25) is 0 Å². The minimum Gasteiger partial charge on any atom is -1.00 e.